The van der Waals surface area contributed by atoms with Gasteiger partial charge in [-0.25, -0.2) is 13.6 Å². The van der Waals surface area contributed by atoms with E-state index in [1.807, 2.05) is 12.1 Å². The number of aliphatic carboxylic acids is 1. The maximum Gasteiger partial charge on any atom is 0.326 e. The molecule has 0 radical (unpaired) electrons. The number of anilines is 1. The molecule has 1 aliphatic rings. The van der Waals surface area contributed by atoms with Crippen LogP contribution in [0.2, 0.25) is 0 Å². The number of nitrogens with zero attached hydrogens (tertiary/aromatic N) is 1. The van der Waals surface area contributed by atoms with E-state index in [0.717, 1.165) is 18.4 Å². The normalized spacial score (nSPS) is 18.2. The monoisotopic (exact) mass is 368 g/mol. The van der Waals surface area contributed by atoms with E-state index in [2.05, 4.69) is 12.2 Å². The third-order valence-electron chi connectivity index (χ3n) is 4.31. The van der Waals surface area contributed by atoms with Crippen LogP contribution in [0.1, 0.15) is 31.7 Å². The van der Waals surface area contributed by atoms with Gasteiger partial charge in [0.1, 0.15) is 6.04 Å². The lowest BCUT2D eigenvalue weighted by Gasteiger charge is -2.19. The van der Waals surface area contributed by atoms with Gasteiger partial charge >= 0.3 is 5.97 Å². The quantitative estimate of drug-likeness (QED) is 0.737. The Morgan fingerprint density at radius 2 is 1.96 bits per heavy atom. The summed E-state index contributed by atoms with van der Waals surface area (Å²) in [6, 6.07) is 5.78. The average molecular weight is 368 g/mol. The van der Waals surface area contributed by atoms with Crippen LogP contribution in [0.25, 0.3) is 0 Å². The van der Waals surface area contributed by atoms with Crippen molar-refractivity contribution >= 4 is 23.5 Å². The second-order valence-corrected chi connectivity index (χ2v) is 6.35. The number of hydrogen-bond acceptors (Lipinski definition) is 3. The molecule has 1 aromatic carbocycles. The van der Waals surface area contributed by atoms with Crippen molar-refractivity contribution in [3.8, 4) is 0 Å². The minimum atomic E-state index is -2.85. The summed E-state index contributed by atoms with van der Waals surface area (Å²) in [5.74, 6) is -3.24. The first kappa shape index (κ1) is 19.8. The van der Waals surface area contributed by atoms with E-state index in [1.165, 1.54) is 4.90 Å². The predicted octanol–water partition coefficient (Wildman–Crippen LogP) is 2.22. The molecular formula is C18H22F2N2O4. The second-order valence-electron chi connectivity index (χ2n) is 6.35. The van der Waals surface area contributed by atoms with Crippen LogP contribution in [0.5, 0.6) is 0 Å². The highest BCUT2D eigenvalue weighted by Crippen LogP contribution is 2.26. The molecule has 1 aliphatic heterocycles. The molecule has 2 rings (SSSR count). The summed E-state index contributed by atoms with van der Waals surface area (Å²) in [6.07, 6.45) is -1.96. The van der Waals surface area contributed by atoms with Gasteiger partial charge in [-0.1, -0.05) is 25.5 Å². The highest BCUT2D eigenvalue weighted by Gasteiger charge is 2.37. The lowest BCUT2D eigenvalue weighted by atomic mass is 10.1. The van der Waals surface area contributed by atoms with E-state index in [0.29, 0.717) is 5.69 Å². The number of carbonyl (C=O) groups is 3. The maximum atomic E-state index is 12.4. The zero-order valence-corrected chi connectivity index (χ0v) is 14.5. The van der Waals surface area contributed by atoms with Crippen LogP contribution in [0.3, 0.4) is 0 Å². The molecule has 1 saturated heterocycles. The molecular weight excluding hydrogens is 346 g/mol. The second kappa shape index (κ2) is 8.73. The number of benzene rings is 1. The van der Waals surface area contributed by atoms with Gasteiger partial charge in [-0.3, -0.25) is 9.59 Å². The highest BCUT2D eigenvalue weighted by atomic mass is 19.3. The first-order valence-electron chi connectivity index (χ1n) is 8.52. The number of carbonyl (C=O) groups excluding carboxylic acids is 2. The van der Waals surface area contributed by atoms with Gasteiger partial charge in [0.25, 0.3) is 0 Å². The first-order valence-corrected chi connectivity index (χ1v) is 8.52. The average Bonchev–Trinajstić information content (AvgIpc) is 2.96. The van der Waals surface area contributed by atoms with Crippen LogP contribution in [-0.2, 0) is 20.8 Å². The zero-order valence-electron chi connectivity index (χ0n) is 14.5. The predicted molar refractivity (Wildman–Crippen MR) is 91.1 cm³/mol. The summed E-state index contributed by atoms with van der Waals surface area (Å²) in [5.41, 5.74) is 1.81. The van der Waals surface area contributed by atoms with Gasteiger partial charge in [-0.15, -0.1) is 0 Å². The number of halogens is 2. The van der Waals surface area contributed by atoms with Crippen molar-refractivity contribution in [1.29, 1.82) is 0 Å². The molecule has 0 aliphatic carbocycles. The van der Waals surface area contributed by atoms with Crippen molar-refractivity contribution in [1.82, 2.24) is 5.32 Å². The molecule has 2 amide bonds. The number of aryl methyl sites for hydroxylation is 1. The summed E-state index contributed by atoms with van der Waals surface area (Å²) in [5, 5.41) is 11.1. The molecule has 2 atom stereocenters. The van der Waals surface area contributed by atoms with Crippen molar-refractivity contribution in [2.75, 3.05) is 11.4 Å². The zero-order chi connectivity index (χ0) is 19.3. The van der Waals surface area contributed by atoms with E-state index < -0.39 is 36.7 Å². The minimum absolute atomic E-state index is 0.0798. The molecule has 26 heavy (non-hydrogen) atoms. The van der Waals surface area contributed by atoms with E-state index in [1.54, 1.807) is 12.1 Å². The lowest BCUT2D eigenvalue weighted by Crippen LogP contribution is -2.45. The summed E-state index contributed by atoms with van der Waals surface area (Å²) in [4.78, 5) is 36.9. The molecule has 142 valence electrons. The van der Waals surface area contributed by atoms with E-state index in [-0.39, 0.29) is 18.9 Å². The summed E-state index contributed by atoms with van der Waals surface area (Å²) in [7, 11) is 0. The van der Waals surface area contributed by atoms with Crippen molar-refractivity contribution in [2.24, 2.45) is 5.92 Å². The molecule has 1 heterocycles. The molecule has 8 heteroatoms. The number of carboxylic acids is 1. The Labute approximate surface area is 150 Å². The van der Waals surface area contributed by atoms with E-state index >= 15 is 0 Å². The molecule has 2 unspecified atom stereocenters. The number of nitrogens with one attached hydrogen (secondary N) is 1. The molecule has 6 nitrogen and oxygen atoms in total. The third-order valence-corrected chi connectivity index (χ3v) is 4.31. The molecule has 1 aromatic rings. The minimum Gasteiger partial charge on any atom is -0.480 e. The molecule has 0 spiro atoms. The Morgan fingerprint density at radius 1 is 1.31 bits per heavy atom. The van der Waals surface area contributed by atoms with Crippen LogP contribution < -0.4 is 10.2 Å². The van der Waals surface area contributed by atoms with Gasteiger partial charge in [-0.05, 0) is 24.1 Å². The molecule has 0 saturated carbocycles. The fourth-order valence-corrected chi connectivity index (χ4v) is 2.95. The number of carboxylic acid groups (broad SMARTS) is 1. The largest absolute Gasteiger partial charge is 0.480 e. The number of rotatable bonds is 8. The fourth-order valence-electron chi connectivity index (χ4n) is 2.95. The van der Waals surface area contributed by atoms with Crippen LogP contribution >= 0.6 is 0 Å². The fraction of sp³-hybridized carbons (Fsp3) is 0.500. The van der Waals surface area contributed by atoms with Crippen LogP contribution in [0.15, 0.2) is 24.3 Å². The Bertz CT molecular complexity index is 664. The maximum absolute atomic E-state index is 12.4. The number of alkyl halides is 2. The lowest BCUT2D eigenvalue weighted by molar-refractivity contribution is -0.143. The molecule has 1 fully saturated rings. The Hall–Kier alpha value is -2.51. The first-order chi connectivity index (χ1) is 12.3. The van der Waals surface area contributed by atoms with Crippen molar-refractivity contribution < 1.29 is 28.3 Å². The van der Waals surface area contributed by atoms with Gasteiger partial charge in [0.05, 0.1) is 5.92 Å². The van der Waals surface area contributed by atoms with Gasteiger partial charge in [0.15, 0.2) is 0 Å². The number of amides is 2. The molecule has 0 aromatic heterocycles. The van der Waals surface area contributed by atoms with Gasteiger partial charge < -0.3 is 15.3 Å². The summed E-state index contributed by atoms with van der Waals surface area (Å²) >= 11 is 0. The van der Waals surface area contributed by atoms with Crippen LogP contribution in [0, 0.1) is 5.92 Å². The smallest absolute Gasteiger partial charge is 0.326 e. The highest BCUT2D eigenvalue weighted by molar-refractivity contribution is 6.00. The Kier molecular flexibility index (Phi) is 6.65. The van der Waals surface area contributed by atoms with E-state index in [4.69, 9.17) is 5.11 Å². The van der Waals surface area contributed by atoms with Crippen LogP contribution in [0.4, 0.5) is 14.5 Å². The standard InChI is InChI=1S/C18H22F2N2O4/c1-2-3-11-4-6-13(7-5-11)22-10-12(8-16(22)23)17(24)21-14(18(25)26)9-15(19)20/h4-7,12,14-15H,2-3,8-10H2,1H3,(H,21,24)(H,25,26). The number of hydrogen-bond donors (Lipinski definition) is 2. The van der Waals surface area contributed by atoms with Crippen LogP contribution in [-0.4, -0.2) is 41.9 Å². The van der Waals surface area contributed by atoms with Crippen molar-refractivity contribution in [3.63, 3.8) is 0 Å². The van der Waals surface area contributed by atoms with Gasteiger partial charge in [0, 0.05) is 25.1 Å². The van der Waals surface area contributed by atoms with Gasteiger partial charge in [-0.2, -0.15) is 0 Å². The third kappa shape index (κ3) is 5.00. The Morgan fingerprint density at radius 3 is 2.50 bits per heavy atom. The SMILES string of the molecule is CCCc1ccc(N2CC(C(=O)NC(CC(F)F)C(=O)O)CC2=O)cc1. The van der Waals surface area contributed by atoms with Crippen molar-refractivity contribution in [2.45, 2.75) is 45.1 Å². The summed E-state index contributed by atoms with van der Waals surface area (Å²) in [6.45, 7) is 2.17. The Balaban J connectivity index is 2.01. The molecule has 2 N–H and O–H groups in total. The summed E-state index contributed by atoms with van der Waals surface area (Å²) < 4.78 is 24.9. The van der Waals surface area contributed by atoms with Gasteiger partial charge in [0.2, 0.25) is 18.2 Å². The van der Waals surface area contributed by atoms with E-state index in [9.17, 15) is 23.2 Å². The topological polar surface area (TPSA) is 86.7 Å². The van der Waals surface area contributed by atoms with Crippen molar-refractivity contribution in [3.05, 3.63) is 29.8 Å². The molecule has 0 bridgehead atoms.